The van der Waals surface area contributed by atoms with Gasteiger partial charge in [0.05, 0.1) is 19.8 Å². The van der Waals surface area contributed by atoms with E-state index in [4.69, 9.17) is 14.2 Å². The Morgan fingerprint density at radius 3 is 2.45 bits per heavy atom. The highest BCUT2D eigenvalue weighted by atomic mass is 16.7. The van der Waals surface area contributed by atoms with Crippen molar-refractivity contribution in [3.8, 4) is 11.5 Å². The van der Waals surface area contributed by atoms with Crippen LogP contribution in [0.2, 0.25) is 0 Å². The number of hydrogen-bond acceptors (Lipinski definition) is 5. The number of benzene rings is 2. The van der Waals surface area contributed by atoms with Gasteiger partial charge in [-0.15, -0.1) is 0 Å². The third-order valence-corrected chi connectivity index (χ3v) is 5.82. The van der Waals surface area contributed by atoms with Gasteiger partial charge in [0.15, 0.2) is 11.5 Å². The number of carbonyl (C=O) groups is 2. The molecular weight excluding hydrogens is 398 g/mol. The third-order valence-electron chi connectivity index (χ3n) is 5.82. The Kier molecular flexibility index (Phi) is 6.39. The molecule has 4 rings (SSSR count). The van der Waals surface area contributed by atoms with Gasteiger partial charge in [0.2, 0.25) is 6.79 Å². The number of anilines is 1. The lowest BCUT2D eigenvalue weighted by molar-refractivity contribution is -0.937. The predicted molar refractivity (Wildman–Crippen MR) is 114 cm³/mol. The van der Waals surface area contributed by atoms with E-state index in [0.717, 1.165) is 35.5 Å². The summed E-state index contributed by atoms with van der Waals surface area (Å²) >= 11 is 0. The number of carbonyl (C=O) groups excluding carboxylic acids is 2. The molecule has 2 aromatic rings. The highest BCUT2D eigenvalue weighted by Gasteiger charge is 2.29. The van der Waals surface area contributed by atoms with E-state index in [1.807, 2.05) is 50.2 Å². The van der Waals surface area contributed by atoms with Crippen LogP contribution < -0.4 is 25.0 Å². The van der Waals surface area contributed by atoms with Crippen molar-refractivity contribution >= 4 is 17.5 Å². The summed E-state index contributed by atoms with van der Waals surface area (Å²) < 4.78 is 16.4. The molecule has 2 aliphatic heterocycles. The minimum absolute atomic E-state index is 0.0321. The average Bonchev–Trinajstić information content (AvgIpc) is 3.25. The van der Waals surface area contributed by atoms with Crippen LogP contribution in [0.15, 0.2) is 36.4 Å². The van der Waals surface area contributed by atoms with Crippen molar-refractivity contribution < 1.29 is 28.7 Å². The van der Waals surface area contributed by atoms with Crippen molar-refractivity contribution in [2.45, 2.75) is 19.9 Å². The van der Waals surface area contributed by atoms with Crippen LogP contribution in [0.25, 0.3) is 0 Å². The second-order valence-corrected chi connectivity index (χ2v) is 7.87. The van der Waals surface area contributed by atoms with E-state index < -0.39 is 11.8 Å². The first kappa shape index (κ1) is 21.1. The van der Waals surface area contributed by atoms with Crippen LogP contribution in [-0.2, 0) is 14.3 Å². The van der Waals surface area contributed by atoms with Crippen molar-refractivity contribution in [3.05, 3.63) is 53.1 Å². The van der Waals surface area contributed by atoms with Crippen molar-refractivity contribution in [1.29, 1.82) is 0 Å². The summed E-state index contributed by atoms with van der Waals surface area (Å²) in [5, 5.41) is 5.56. The van der Waals surface area contributed by atoms with Gasteiger partial charge in [-0.1, -0.05) is 18.2 Å². The van der Waals surface area contributed by atoms with Crippen LogP contribution in [0.4, 0.5) is 5.69 Å². The number of morpholine rings is 1. The van der Waals surface area contributed by atoms with E-state index in [0.29, 0.717) is 31.2 Å². The number of hydrogen-bond donors (Lipinski definition) is 3. The molecule has 0 saturated carbocycles. The predicted octanol–water partition coefficient (Wildman–Crippen LogP) is 0.743. The number of ether oxygens (including phenoxy) is 3. The van der Waals surface area contributed by atoms with Crippen LogP contribution in [0.3, 0.4) is 0 Å². The Morgan fingerprint density at radius 1 is 1.00 bits per heavy atom. The molecule has 1 atom stereocenters. The standard InChI is InChI=1S/C23H27N3O5/c1-15-4-3-5-16(2)21(15)25-23(28)22(27)24-13-18(26-8-10-29-11-9-26)17-6-7-19-20(12-17)31-14-30-19/h3-7,12,18H,8-11,13-14H2,1-2H3,(H,24,27)(H,25,28)/p+1/t18-/m1/s1. The van der Waals surface area contributed by atoms with Crippen LogP contribution in [0, 0.1) is 13.8 Å². The van der Waals surface area contributed by atoms with Gasteiger partial charge in [-0.05, 0) is 43.2 Å². The summed E-state index contributed by atoms with van der Waals surface area (Å²) in [5.41, 5.74) is 3.53. The minimum atomic E-state index is -0.668. The third kappa shape index (κ3) is 4.81. The number of rotatable bonds is 5. The summed E-state index contributed by atoms with van der Waals surface area (Å²) in [4.78, 5) is 26.4. The van der Waals surface area contributed by atoms with Gasteiger partial charge in [-0.25, -0.2) is 0 Å². The molecule has 2 heterocycles. The molecule has 0 aromatic heterocycles. The van der Waals surface area contributed by atoms with Gasteiger partial charge in [-0.3, -0.25) is 9.59 Å². The molecule has 164 valence electrons. The molecule has 1 fully saturated rings. The number of amides is 2. The summed E-state index contributed by atoms with van der Waals surface area (Å²) in [6.07, 6.45) is 0. The monoisotopic (exact) mass is 426 g/mol. The molecule has 0 spiro atoms. The van der Waals surface area contributed by atoms with E-state index in [9.17, 15) is 9.59 Å². The summed E-state index contributed by atoms with van der Waals surface area (Å²) in [6.45, 7) is 7.31. The quantitative estimate of drug-likeness (QED) is 0.614. The first-order chi connectivity index (χ1) is 15.0. The maximum atomic E-state index is 12.6. The molecule has 0 aliphatic carbocycles. The smallest absolute Gasteiger partial charge is 0.313 e. The molecule has 2 aliphatic rings. The zero-order valence-electron chi connectivity index (χ0n) is 17.8. The highest BCUT2D eigenvalue weighted by molar-refractivity contribution is 6.39. The maximum Gasteiger partial charge on any atom is 0.313 e. The average molecular weight is 426 g/mol. The summed E-state index contributed by atoms with van der Waals surface area (Å²) in [7, 11) is 0. The Balaban J connectivity index is 1.45. The molecule has 0 unspecified atom stereocenters. The van der Waals surface area contributed by atoms with Crippen molar-refractivity contribution in [2.24, 2.45) is 0 Å². The molecule has 2 amide bonds. The van der Waals surface area contributed by atoms with Gasteiger partial charge in [0.25, 0.3) is 0 Å². The van der Waals surface area contributed by atoms with Crippen LogP contribution in [0.1, 0.15) is 22.7 Å². The SMILES string of the molecule is Cc1cccc(C)c1NC(=O)C(=O)NC[C@H](c1ccc2c(c1)OCO2)[NH+]1CCOCC1. The lowest BCUT2D eigenvalue weighted by atomic mass is 10.0. The molecule has 8 heteroatoms. The van der Waals surface area contributed by atoms with Gasteiger partial charge in [-0.2, -0.15) is 0 Å². The molecule has 0 radical (unpaired) electrons. The molecule has 3 N–H and O–H groups in total. The zero-order valence-corrected chi connectivity index (χ0v) is 17.8. The van der Waals surface area contributed by atoms with Crippen LogP contribution in [0.5, 0.6) is 11.5 Å². The molecule has 31 heavy (non-hydrogen) atoms. The fourth-order valence-electron chi connectivity index (χ4n) is 4.07. The topological polar surface area (TPSA) is 90.3 Å². The fourth-order valence-corrected chi connectivity index (χ4v) is 4.07. The highest BCUT2D eigenvalue weighted by Crippen LogP contribution is 2.33. The van der Waals surface area contributed by atoms with Crippen molar-refractivity contribution in [1.82, 2.24) is 5.32 Å². The van der Waals surface area contributed by atoms with Gasteiger partial charge >= 0.3 is 11.8 Å². The number of aryl methyl sites for hydroxylation is 2. The first-order valence-electron chi connectivity index (χ1n) is 10.5. The Labute approximate surface area is 181 Å². The molecule has 0 bridgehead atoms. The van der Waals surface area contributed by atoms with Gasteiger partial charge in [0.1, 0.15) is 19.1 Å². The second-order valence-electron chi connectivity index (χ2n) is 7.87. The molecule has 2 aromatic carbocycles. The summed E-state index contributed by atoms with van der Waals surface area (Å²) in [5.74, 6) is 0.102. The second kappa shape index (κ2) is 9.36. The lowest BCUT2D eigenvalue weighted by Gasteiger charge is -2.32. The van der Waals surface area contributed by atoms with Crippen molar-refractivity contribution in [2.75, 3.05) is 45.0 Å². The first-order valence-corrected chi connectivity index (χ1v) is 10.5. The Morgan fingerprint density at radius 2 is 1.71 bits per heavy atom. The van der Waals surface area contributed by atoms with Gasteiger partial charge in [0, 0.05) is 11.3 Å². The maximum absolute atomic E-state index is 12.6. The van der Waals surface area contributed by atoms with Gasteiger partial charge < -0.3 is 29.7 Å². The number of quaternary nitrogens is 1. The largest absolute Gasteiger partial charge is 0.454 e. The number of fused-ring (bicyclic) bond motifs is 1. The number of nitrogens with one attached hydrogen (secondary N) is 3. The van der Waals surface area contributed by atoms with Crippen LogP contribution >= 0.6 is 0 Å². The Bertz CT molecular complexity index is 951. The van der Waals surface area contributed by atoms with E-state index in [1.165, 1.54) is 4.90 Å². The molecular formula is C23H28N3O5+. The normalized spacial score (nSPS) is 16.6. The minimum Gasteiger partial charge on any atom is -0.454 e. The Hall–Kier alpha value is -3.10. The van der Waals surface area contributed by atoms with E-state index >= 15 is 0 Å². The van der Waals surface area contributed by atoms with E-state index in [-0.39, 0.29) is 12.8 Å². The summed E-state index contributed by atoms with van der Waals surface area (Å²) in [6, 6.07) is 11.5. The van der Waals surface area contributed by atoms with E-state index in [1.54, 1.807) is 0 Å². The van der Waals surface area contributed by atoms with Crippen LogP contribution in [-0.4, -0.2) is 51.5 Å². The zero-order chi connectivity index (χ0) is 21.8. The fraction of sp³-hybridized carbons (Fsp3) is 0.391. The molecule has 8 nitrogen and oxygen atoms in total. The number of para-hydroxylation sites is 1. The lowest BCUT2D eigenvalue weighted by Crippen LogP contribution is -3.15. The molecule has 1 saturated heterocycles. The van der Waals surface area contributed by atoms with Crippen molar-refractivity contribution in [3.63, 3.8) is 0 Å². The van der Waals surface area contributed by atoms with E-state index in [2.05, 4.69) is 10.6 Å².